The van der Waals surface area contributed by atoms with E-state index in [2.05, 4.69) is 21.2 Å². The minimum atomic E-state index is -4.19. The minimum absolute atomic E-state index is 0.0113. The first-order valence-corrected chi connectivity index (χ1v) is 9.68. The molecule has 6 nitrogen and oxygen atoms in total. The Morgan fingerprint density at radius 3 is 2.42 bits per heavy atom. The average molecular weight is 432 g/mol. The maximum Gasteiger partial charge on any atom is 0.339 e. The number of rotatable bonds is 3. The predicted octanol–water partition coefficient (Wildman–Crippen LogP) is 3.25. The molecule has 0 bridgehead atoms. The molecule has 130 valence electrons. The van der Waals surface area contributed by atoms with Crippen LogP contribution in [0, 0.1) is 0 Å². The van der Waals surface area contributed by atoms with Gasteiger partial charge >= 0.3 is 10.1 Å². The molecule has 1 aliphatic heterocycles. The number of amides is 2. The van der Waals surface area contributed by atoms with Crippen molar-refractivity contribution in [2.24, 2.45) is 0 Å². The zero-order valence-corrected chi connectivity index (χ0v) is 15.4. The zero-order valence-electron chi connectivity index (χ0n) is 13.0. The average Bonchev–Trinajstić information content (AvgIpc) is 2.91. The third-order valence-corrected chi connectivity index (χ3v) is 6.07. The smallest absolute Gasteiger partial charge is 0.339 e. The summed E-state index contributed by atoms with van der Waals surface area (Å²) in [5.74, 6) is -1.05. The Morgan fingerprint density at radius 2 is 1.62 bits per heavy atom. The molecule has 0 saturated carbocycles. The number of imide groups is 1. The molecule has 26 heavy (non-hydrogen) atoms. The van der Waals surface area contributed by atoms with Gasteiger partial charge < -0.3 is 4.18 Å². The van der Waals surface area contributed by atoms with Crippen molar-refractivity contribution in [1.82, 2.24) is 5.32 Å². The maximum atomic E-state index is 12.6. The van der Waals surface area contributed by atoms with E-state index in [0.29, 0.717) is 4.47 Å². The summed E-state index contributed by atoms with van der Waals surface area (Å²) in [5.41, 5.74) is 0.151. The van der Waals surface area contributed by atoms with E-state index >= 15 is 0 Å². The van der Waals surface area contributed by atoms with Crippen molar-refractivity contribution < 1.29 is 22.2 Å². The number of nitrogens with one attached hydrogen (secondary N) is 1. The topological polar surface area (TPSA) is 89.5 Å². The second-order valence-electron chi connectivity index (χ2n) is 5.63. The van der Waals surface area contributed by atoms with Crippen molar-refractivity contribution in [3.05, 3.63) is 70.2 Å². The van der Waals surface area contributed by atoms with Crippen LogP contribution in [0.15, 0.2) is 64.0 Å². The minimum Gasteiger partial charge on any atom is -0.378 e. The Morgan fingerprint density at radius 1 is 0.885 bits per heavy atom. The lowest BCUT2D eigenvalue weighted by molar-refractivity contribution is 0.0879. The normalized spacial score (nSPS) is 13.6. The van der Waals surface area contributed by atoms with E-state index in [4.69, 9.17) is 4.18 Å². The van der Waals surface area contributed by atoms with E-state index in [1.54, 1.807) is 12.1 Å². The van der Waals surface area contributed by atoms with Crippen LogP contribution in [0.3, 0.4) is 0 Å². The fourth-order valence-electron chi connectivity index (χ4n) is 2.75. The van der Waals surface area contributed by atoms with Crippen molar-refractivity contribution in [2.45, 2.75) is 4.90 Å². The first-order valence-electron chi connectivity index (χ1n) is 7.48. The molecule has 0 spiro atoms. The summed E-state index contributed by atoms with van der Waals surface area (Å²) >= 11 is 3.38. The lowest BCUT2D eigenvalue weighted by Gasteiger charge is -2.11. The third-order valence-electron chi connectivity index (χ3n) is 4.02. The van der Waals surface area contributed by atoms with Crippen LogP contribution < -0.4 is 9.50 Å². The van der Waals surface area contributed by atoms with Gasteiger partial charge in [0.2, 0.25) is 0 Å². The Labute approximate surface area is 157 Å². The summed E-state index contributed by atoms with van der Waals surface area (Å²) in [6.07, 6.45) is 0. The number of benzene rings is 3. The van der Waals surface area contributed by atoms with Gasteiger partial charge in [0.1, 0.15) is 4.90 Å². The Kier molecular flexibility index (Phi) is 3.82. The highest BCUT2D eigenvalue weighted by atomic mass is 79.9. The van der Waals surface area contributed by atoms with Gasteiger partial charge in [-0.25, -0.2) is 0 Å². The molecule has 4 rings (SSSR count). The summed E-state index contributed by atoms with van der Waals surface area (Å²) < 4.78 is 31.0. The Hall–Kier alpha value is -2.71. The molecule has 0 atom stereocenters. The largest absolute Gasteiger partial charge is 0.378 e. The van der Waals surface area contributed by atoms with Crippen LogP contribution in [0.1, 0.15) is 20.7 Å². The number of fused-ring (bicyclic) bond motifs is 2. The maximum absolute atomic E-state index is 12.6. The molecular weight excluding hydrogens is 422 g/mol. The molecule has 3 aromatic carbocycles. The molecule has 1 N–H and O–H groups in total. The third kappa shape index (κ3) is 2.67. The van der Waals surface area contributed by atoms with Gasteiger partial charge in [0, 0.05) is 0 Å². The van der Waals surface area contributed by atoms with Gasteiger partial charge in [-0.15, -0.1) is 0 Å². The summed E-state index contributed by atoms with van der Waals surface area (Å²) in [7, 11) is -4.19. The predicted molar refractivity (Wildman–Crippen MR) is 97.7 cm³/mol. The summed E-state index contributed by atoms with van der Waals surface area (Å²) in [5, 5.41) is 3.85. The van der Waals surface area contributed by atoms with Crippen LogP contribution in [-0.4, -0.2) is 20.2 Å². The summed E-state index contributed by atoms with van der Waals surface area (Å²) in [6.45, 7) is 0. The molecule has 0 fully saturated rings. The van der Waals surface area contributed by atoms with E-state index in [0.717, 1.165) is 16.8 Å². The van der Waals surface area contributed by atoms with Crippen molar-refractivity contribution in [3.8, 4) is 5.75 Å². The molecule has 0 radical (unpaired) electrons. The van der Waals surface area contributed by atoms with Gasteiger partial charge in [0.15, 0.2) is 5.75 Å². The van der Waals surface area contributed by atoms with Gasteiger partial charge in [-0.05, 0) is 51.0 Å². The molecule has 0 aliphatic carbocycles. The molecular formula is C18H10BrNO5S. The molecule has 0 aromatic heterocycles. The highest BCUT2D eigenvalue weighted by Crippen LogP contribution is 2.35. The van der Waals surface area contributed by atoms with Crippen molar-refractivity contribution in [1.29, 1.82) is 0 Å². The van der Waals surface area contributed by atoms with Crippen LogP contribution in [0.5, 0.6) is 5.75 Å². The number of halogens is 1. The van der Waals surface area contributed by atoms with Crippen LogP contribution in [0.25, 0.3) is 10.8 Å². The van der Waals surface area contributed by atoms with E-state index in [9.17, 15) is 18.0 Å². The van der Waals surface area contributed by atoms with Gasteiger partial charge in [0.25, 0.3) is 11.8 Å². The second kappa shape index (κ2) is 5.93. The van der Waals surface area contributed by atoms with E-state index in [1.807, 2.05) is 24.3 Å². The second-order valence-corrected chi connectivity index (χ2v) is 7.97. The van der Waals surface area contributed by atoms with Crippen LogP contribution in [0.2, 0.25) is 0 Å². The number of hydrogen-bond acceptors (Lipinski definition) is 5. The molecule has 8 heteroatoms. The van der Waals surface area contributed by atoms with Gasteiger partial charge in [-0.1, -0.05) is 30.3 Å². The quantitative estimate of drug-likeness (QED) is 0.507. The number of carbonyl (C=O) groups is 2. The SMILES string of the molecule is O=C1NC(=O)c2cc(S(=O)(=O)Oc3ccc4ccccc4c3Br)ccc21. The van der Waals surface area contributed by atoms with Gasteiger partial charge in [-0.3, -0.25) is 14.9 Å². The van der Waals surface area contributed by atoms with E-state index < -0.39 is 21.9 Å². The summed E-state index contributed by atoms with van der Waals surface area (Å²) in [6, 6.07) is 14.4. The monoisotopic (exact) mass is 431 g/mol. The van der Waals surface area contributed by atoms with Crippen molar-refractivity contribution in [2.75, 3.05) is 0 Å². The molecule has 0 saturated heterocycles. The highest BCUT2D eigenvalue weighted by molar-refractivity contribution is 9.10. The zero-order chi connectivity index (χ0) is 18.5. The summed E-state index contributed by atoms with van der Waals surface area (Å²) in [4.78, 5) is 23.1. The lowest BCUT2D eigenvalue weighted by atomic mass is 10.1. The molecule has 3 aromatic rings. The van der Waals surface area contributed by atoms with Crippen LogP contribution >= 0.6 is 15.9 Å². The van der Waals surface area contributed by atoms with E-state index in [-0.39, 0.29) is 21.8 Å². The van der Waals surface area contributed by atoms with Crippen LogP contribution in [0.4, 0.5) is 0 Å². The molecule has 0 unspecified atom stereocenters. The van der Waals surface area contributed by atoms with Gasteiger partial charge in [-0.2, -0.15) is 8.42 Å². The number of carbonyl (C=O) groups excluding carboxylic acids is 2. The fraction of sp³-hybridized carbons (Fsp3) is 0. The first kappa shape index (κ1) is 16.7. The standard InChI is InChI=1S/C18H10BrNO5S/c19-16-12-4-2-1-3-10(12)5-8-15(16)25-26(23,24)11-6-7-13-14(9-11)18(22)20-17(13)21/h1-9H,(H,20,21,22). The van der Waals surface area contributed by atoms with Crippen molar-refractivity contribution in [3.63, 3.8) is 0 Å². The fourth-order valence-corrected chi connectivity index (χ4v) is 4.40. The first-order chi connectivity index (χ1) is 12.4. The Balaban J connectivity index is 1.75. The lowest BCUT2D eigenvalue weighted by Crippen LogP contribution is -2.19. The van der Waals surface area contributed by atoms with E-state index in [1.165, 1.54) is 12.1 Å². The number of hydrogen-bond donors (Lipinski definition) is 1. The van der Waals surface area contributed by atoms with Crippen LogP contribution in [-0.2, 0) is 10.1 Å². The van der Waals surface area contributed by atoms with Gasteiger partial charge in [0.05, 0.1) is 15.6 Å². The highest BCUT2D eigenvalue weighted by Gasteiger charge is 2.29. The van der Waals surface area contributed by atoms with Crippen molar-refractivity contribution >= 4 is 48.6 Å². The molecule has 1 heterocycles. The molecule has 1 aliphatic rings. The molecule has 2 amide bonds. The Bertz CT molecular complexity index is 1200.